The Morgan fingerprint density at radius 2 is 1.98 bits per heavy atom. The molecule has 4 atom stereocenters. The summed E-state index contributed by atoms with van der Waals surface area (Å²) in [4.78, 5) is 18.4. The van der Waals surface area contributed by atoms with Gasteiger partial charge in [0, 0.05) is 66.9 Å². The normalized spacial score (nSPS) is 26.3. The van der Waals surface area contributed by atoms with Crippen LogP contribution in [0.1, 0.15) is 37.7 Å². The fraction of sp³-hybridized carbons (Fsp3) is 0.500. The lowest BCUT2D eigenvalue weighted by molar-refractivity contribution is 0.0179. The van der Waals surface area contributed by atoms with E-state index in [0.717, 1.165) is 69.2 Å². The molecular formula is C32H31F3N8O2S. The van der Waals surface area contributed by atoms with Gasteiger partial charge in [0.15, 0.2) is 17.5 Å². The van der Waals surface area contributed by atoms with E-state index in [1.807, 2.05) is 6.07 Å². The van der Waals surface area contributed by atoms with E-state index < -0.39 is 17.5 Å². The molecule has 14 heteroatoms. The van der Waals surface area contributed by atoms with Gasteiger partial charge in [-0.1, -0.05) is 0 Å². The molecule has 3 aliphatic heterocycles. The van der Waals surface area contributed by atoms with Crippen LogP contribution in [-0.4, -0.2) is 83.5 Å². The van der Waals surface area contributed by atoms with Gasteiger partial charge in [-0.3, -0.25) is 9.88 Å². The van der Waals surface area contributed by atoms with Crippen LogP contribution in [0.25, 0.3) is 32.2 Å². The summed E-state index contributed by atoms with van der Waals surface area (Å²) in [6.07, 6.45) is 7.06. The third kappa shape index (κ3) is 4.58. The Kier molecular flexibility index (Phi) is 6.41. The van der Waals surface area contributed by atoms with Crippen molar-refractivity contribution in [1.29, 1.82) is 5.26 Å². The summed E-state index contributed by atoms with van der Waals surface area (Å²) in [5.41, 5.74) is 5.57. The Morgan fingerprint density at radius 1 is 1.17 bits per heavy atom. The minimum atomic E-state index is -1.19. The van der Waals surface area contributed by atoms with E-state index >= 15 is 4.39 Å². The molecule has 6 heterocycles. The minimum absolute atomic E-state index is 0.0110. The van der Waals surface area contributed by atoms with Gasteiger partial charge in [0.25, 0.3) is 0 Å². The van der Waals surface area contributed by atoms with Gasteiger partial charge in [0.2, 0.25) is 0 Å². The van der Waals surface area contributed by atoms with Crippen LogP contribution < -0.4 is 20.7 Å². The number of hydrogen-bond donors (Lipinski definition) is 2. The Hall–Kier alpha value is -3.77. The molecule has 10 nitrogen and oxygen atoms in total. The van der Waals surface area contributed by atoms with Crippen LogP contribution in [0.2, 0.25) is 0 Å². The number of nitrogens with one attached hydrogen (secondary N) is 1. The number of anilines is 2. The first-order valence-electron chi connectivity index (χ1n) is 15.8. The lowest BCUT2D eigenvalue weighted by atomic mass is 10.0. The number of piperazine rings is 1. The molecule has 3 aromatic heterocycles. The summed E-state index contributed by atoms with van der Waals surface area (Å²) in [6, 6.07) is 3.96. The molecule has 238 valence electrons. The molecule has 2 bridgehead atoms. The zero-order chi connectivity index (χ0) is 31.3. The average molecular weight is 649 g/mol. The summed E-state index contributed by atoms with van der Waals surface area (Å²) >= 11 is 0.744. The number of morpholine rings is 1. The smallest absolute Gasteiger partial charge is 0.319 e. The maximum Gasteiger partial charge on any atom is 0.319 e. The average Bonchev–Trinajstić information content (AvgIpc) is 3.96. The quantitative estimate of drug-likeness (QED) is 0.299. The summed E-state index contributed by atoms with van der Waals surface area (Å²) in [6.45, 7) is 4.36. The number of rotatable bonds is 7. The number of thiophene rings is 1. The molecule has 5 fully saturated rings. The van der Waals surface area contributed by atoms with Crippen molar-refractivity contribution in [1.82, 2.24) is 25.2 Å². The molecule has 5 aliphatic rings. The predicted octanol–water partition coefficient (Wildman–Crippen LogP) is 4.35. The number of nitrogens with two attached hydrogens (primary N) is 1. The molecule has 1 aromatic carbocycles. The van der Waals surface area contributed by atoms with Crippen LogP contribution in [0.3, 0.4) is 0 Å². The molecule has 2 aliphatic carbocycles. The fourth-order valence-corrected chi connectivity index (χ4v) is 8.56. The van der Waals surface area contributed by atoms with Crippen LogP contribution in [0, 0.1) is 34.2 Å². The van der Waals surface area contributed by atoms with E-state index in [1.165, 1.54) is 6.20 Å². The van der Waals surface area contributed by atoms with Crippen LogP contribution in [-0.2, 0) is 4.74 Å². The van der Waals surface area contributed by atoms with Gasteiger partial charge in [-0.2, -0.15) is 15.2 Å². The number of aromatic nitrogens is 3. The molecule has 0 radical (unpaired) electrons. The Bertz CT molecular complexity index is 1950. The number of nitrogens with zero attached hydrogens (tertiary/aromatic N) is 6. The highest BCUT2D eigenvalue weighted by Crippen LogP contribution is 2.49. The number of nitrogen functional groups attached to an aromatic ring is 1. The fourth-order valence-electron chi connectivity index (χ4n) is 7.59. The van der Waals surface area contributed by atoms with Gasteiger partial charge in [0.05, 0.1) is 35.0 Å². The van der Waals surface area contributed by atoms with Crippen LogP contribution >= 0.6 is 11.3 Å². The van der Waals surface area contributed by atoms with E-state index in [0.29, 0.717) is 55.1 Å². The maximum atomic E-state index is 16.7. The van der Waals surface area contributed by atoms with Gasteiger partial charge >= 0.3 is 6.01 Å². The second-order valence-corrected chi connectivity index (χ2v) is 14.5. The number of halogens is 3. The maximum absolute atomic E-state index is 16.7. The SMILES string of the molecule is N#Cc1c(N)sc2c(F)c(F)cc(-c3ncc4c(N5CC6CCC(C5)N6)nc(OCC5(CN6CCO[C@H]7C[C@H]76)CC5)nc4c3F)c12. The lowest BCUT2D eigenvalue weighted by Crippen LogP contribution is -2.51. The van der Waals surface area contributed by atoms with Crippen molar-refractivity contribution in [3.05, 3.63) is 35.3 Å². The summed E-state index contributed by atoms with van der Waals surface area (Å²) in [7, 11) is 0. The van der Waals surface area contributed by atoms with Crippen molar-refractivity contribution in [2.45, 2.75) is 56.3 Å². The van der Waals surface area contributed by atoms with Gasteiger partial charge in [-0.15, -0.1) is 11.3 Å². The number of hydrogen-bond acceptors (Lipinski definition) is 11. The second kappa shape index (κ2) is 10.4. The van der Waals surface area contributed by atoms with Crippen molar-refractivity contribution in [2.75, 3.05) is 50.0 Å². The van der Waals surface area contributed by atoms with Crippen molar-refractivity contribution >= 4 is 43.1 Å². The first kappa shape index (κ1) is 28.5. The number of benzene rings is 1. The molecule has 0 spiro atoms. The van der Waals surface area contributed by atoms with Gasteiger partial charge in [-0.05, 0) is 38.2 Å². The lowest BCUT2D eigenvalue weighted by Gasteiger charge is -2.34. The molecular weight excluding hydrogens is 617 g/mol. The monoisotopic (exact) mass is 648 g/mol. The van der Waals surface area contributed by atoms with Crippen molar-refractivity contribution in [3.63, 3.8) is 0 Å². The Balaban J connectivity index is 1.13. The highest BCUT2D eigenvalue weighted by atomic mass is 32.1. The molecule has 2 unspecified atom stereocenters. The van der Waals surface area contributed by atoms with Crippen LogP contribution in [0.4, 0.5) is 24.0 Å². The summed E-state index contributed by atoms with van der Waals surface area (Å²) in [5.74, 6) is -2.64. The molecule has 3 saturated heterocycles. The molecule has 2 saturated carbocycles. The third-order valence-corrected chi connectivity index (χ3v) is 11.3. The van der Waals surface area contributed by atoms with Crippen LogP contribution in [0.15, 0.2) is 12.3 Å². The van der Waals surface area contributed by atoms with E-state index in [4.69, 9.17) is 20.2 Å². The van der Waals surface area contributed by atoms with Crippen molar-refractivity contribution in [2.24, 2.45) is 5.41 Å². The summed E-state index contributed by atoms with van der Waals surface area (Å²) < 4.78 is 58.3. The number of nitriles is 1. The topological polar surface area (TPSA) is 125 Å². The largest absolute Gasteiger partial charge is 0.463 e. The standard InChI is InChI=1S/C32H31F3N8O2S/c33-20-7-17(23-18(9-36)29(37)46-28(23)24(20)34)26-25(35)27-19(10-38-26)30(43-11-15-1-2-16(12-43)39-15)41-31(40-27)45-14-32(3-4-32)13-42-5-6-44-22-8-21(22)42/h7,10,15-16,21-22,39H,1-6,8,11-14,37H2/t15?,16?,21-,22+/m1/s1. The molecule has 3 N–H and O–H groups in total. The number of fused-ring (bicyclic) bond motifs is 5. The number of ether oxygens (including phenoxy) is 2. The minimum Gasteiger partial charge on any atom is -0.463 e. The van der Waals surface area contributed by atoms with E-state index in [2.05, 4.69) is 25.1 Å². The van der Waals surface area contributed by atoms with Gasteiger partial charge in [-0.25, -0.2) is 13.2 Å². The van der Waals surface area contributed by atoms with Crippen molar-refractivity contribution in [3.8, 4) is 23.3 Å². The Labute approximate surface area is 266 Å². The number of pyridine rings is 1. The predicted molar refractivity (Wildman–Crippen MR) is 166 cm³/mol. The van der Waals surface area contributed by atoms with E-state index in [-0.39, 0.29) is 48.9 Å². The molecule has 0 amide bonds. The van der Waals surface area contributed by atoms with Crippen LogP contribution in [0.5, 0.6) is 6.01 Å². The first-order chi connectivity index (χ1) is 22.3. The molecule has 4 aromatic rings. The van der Waals surface area contributed by atoms with Crippen molar-refractivity contribution < 1.29 is 22.6 Å². The third-order valence-electron chi connectivity index (χ3n) is 10.3. The molecule has 46 heavy (non-hydrogen) atoms. The van der Waals surface area contributed by atoms with Gasteiger partial charge in [0.1, 0.15) is 28.1 Å². The zero-order valence-electron chi connectivity index (χ0n) is 24.9. The second-order valence-electron chi connectivity index (χ2n) is 13.4. The molecule has 9 rings (SSSR count). The van der Waals surface area contributed by atoms with E-state index in [1.54, 1.807) is 0 Å². The highest BCUT2D eigenvalue weighted by Gasteiger charge is 2.52. The van der Waals surface area contributed by atoms with Gasteiger partial charge < -0.3 is 25.4 Å². The summed E-state index contributed by atoms with van der Waals surface area (Å²) in [5, 5.41) is 13.8. The zero-order valence-corrected chi connectivity index (χ0v) is 25.7. The highest BCUT2D eigenvalue weighted by molar-refractivity contribution is 7.23. The van der Waals surface area contributed by atoms with E-state index in [9.17, 15) is 14.0 Å². The first-order valence-corrected chi connectivity index (χ1v) is 16.6. The Morgan fingerprint density at radius 3 is 2.74 bits per heavy atom.